The van der Waals surface area contributed by atoms with Crippen molar-refractivity contribution in [2.75, 3.05) is 18.0 Å². The van der Waals surface area contributed by atoms with Gasteiger partial charge in [-0.1, -0.05) is 0 Å². The van der Waals surface area contributed by atoms with Gasteiger partial charge in [0.15, 0.2) is 0 Å². The number of piperidine rings is 1. The van der Waals surface area contributed by atoms with E-state index in [4.69, 9.17) is 4.74 Å². The number of hydrogen-bond donors (Lipinski definition) is 0. The fraction of sp³-hybridized carbons (Fsp3) is 0.217. The monoisotopic (exact) mass is 373 g/mol. The summed E-state index contributed by atoms with van der Waals surface area (Å²) in [4.78, 5) is 6.79. The van der Waals surface area contributed by atoms with Gasteiger partial charge in [0.1, 0.15) is 29.1 Å². The molecule has 28 heavy (non-hydrogen) atoms. The number of pyridine rings is 1. The maximum atomic E-state index is 13.0. The third kappa shape index (κ3) is 4.12. The van der Waals surface area contributed by atoms with Gasteiger partial charge in [-0.2, -0.15) is 5.26 Å². The van der Waals surface area contributed by atoms with Crippen LogP contribution in [0.2, 0.25) is 0 Å². The van der Waals surface area contributed by atoms with Crippen molar-refractivity contribution in [2.45, 2.75) is 19.3 Å². The standard InChI is InChI=1S/C23H20FN3O/c24-18-6-10-22(11-7-18)28-21-8-4-17(5-9-21)23-15-20(14-19(16-25)26-23)27-12-2-1-3-13-27/h4-11,14-15H,1-3,12-13H2. The van der Waals surface area contributed by atoms with Gasteiger partial charge in [-0.3, -0.25) is 0 Å². The van der Waals surface area contributed by atoms with E-state index in [2.05, 4.69) is 16.0 Å². The van der Waals surface area contributed by atoms with Crippen molar-refractivity contribution in [3.63, 3.8) is 0 Å². The van der Waals surface area contributed by atoms with Gasteiger partial charge in [-0.25, -0.2) is 9.37 Å². The minimum absolute atomic E-state index is 0.296. The van der Waals surface area contributed by atoms with E-state index in [-0.39, 0.29) is 5.82 Å². The molecule has 5 heteroatoms. The minimum atomic E-state index is -0.296. The summed E-state index contributed by atoms with van der Waals surface area (Å²) >= 11 is 0. The fourth-order valence-electron chi connectivity index (χ4n) is 3.39. The van der Waals surface area contributed by atoms with E-state index in [9.17, 15) is 9.65 Å². The van der Waals surface area contributed by atoms with E-state index < -0.39 is 0 Å². The molecule has 2 aromatic carbocycles. The predicted molar refractivity (Wildman–Crippen MR) is 107 cm³/mol. The minimum Gasteiger partial charge on any atom is -0.457 e. The highest BCUT2D eigenvalue weighted by Crippen LogP contribution is 2.29. The van der Waals surface area contributed by atoms with E-state index in [1.165, 1.54) is 31.4 Å². The molecule has 1 aromatic heterocycles. The number of nitriles is 1. The molecular formula is C23H20FN3O. The summed E-state index contributed by atoms with van der Waals surface area (Å²) in [6.07, 6.45) is 3.61. The SMILES string of the molecule is N#Cc1cc(N2CCCCC2)cc(-c2ccc(Oc3ccc(F)cc3)cc2)n1. The zero-order valence-electron chi connectivity index (χ0n) is 15.4. The first-order valence-corrected chi connectivity index (χ1v) is 9.42. The van der Waals surface area contributed by atoms with Crippen molar-refractivity contribution < 1.29 is 9.13 Å². The van der Waals surface area contributed by atoms with Crippen LogP contribution in [0.3, 0.4) is 0 Å². The van der Waals surface area contributed by atoms with E-state index in [0.717, 1.165) is 30.0 Å². The van der Waals surface area contributed by atoms with Gasteiger partial charge in [0.05, 0.1) is 5.69 Å². The second-order valence-corrected chi connectivity index (χ2v) is 6.84. The number of hydrogen-bond acceptors (Lipinski definition) is 4. The molecule has 0 spiro atoms. The lowest BCUT2D eigenvalue weighted by Crippen LogP contribution is -2.29. The van der Waals surface area contributed by atoms with Crippen molar-refractivity contribution >= 4 is 5.69 Å². The number of aromatic nitrogens is 1. The van der Waals surface area contributed by atoms with Crippen molar-refractivity contribution in [3.05, 3.63) is 72.2 Å². The maximum Gasteiger partial charge on any atom is 0.143 e. The molecule has 0 aliphatic carbocycles. The Morgan fingerprint density at radius 2 is 1.54 bits per heavy atom. The number of benzene rings is 2. The Labute approximate surface area is 163 Å². The van der Waals surface area contributed by atoms with Crippen LogP contribution in [0.1, 0.15) is 25.0 Å². The number of anilines is 1. The van der Waals surface area contributed by atoms with Crippen LogP contribution in [-0.4, -0.2) is 18.1 Å². The van der Waals surface area contributed by atoms with Gasteiger partial charge in [-0.05, 0) is 79.9 Å². The molecule has 140 valence electrons. The van der Waals surface area contributed by atoms with Crippen molar-refractivity contribution in [3.8, 4) is 28.8 Å². The van der Waals surface area contributed by atoms with Crippen molar-refractivity contribution in [2.24, 2.45) is 0 Å². The third-order valence-electron chi connectivity index (χ3n) is 4.85. The van der Waals surface area contributed by atoms with Crippen LogP contribution in [-0.2, 0) is 0 Å². The molecular weight excluding hydrogens is 353 g/mol. The summed E-state index contributed by atoms with van der Waals surface area (Å²) < 4.78 is 18.7. The molecule has 1 aliphatic rings. The van der Waals surface area contributed by atoms with E-state index in [1.54, 1.807) is 12.1 Å². The molecule has 4 nitrogen and oxygen atoms in total. The van der Waals surface area contributed by atoms with Gasteiger partial charge >= 0.3 is 0 Å². The first-order valence-electron chi connectivity index (χ1n) is 9.42. The summed E-state index contributed by atoms with van der Waals surface area (Å²) in [6.45, 7) is 2.03. The highest BCUT2D eigenvalue weighted by Gasteiger charge is 2.14. The molecule has 0 amide bonds. The molecule has 0 saturated carbocycles. The maximum absolute atomic E-state index is 13.0. The zero-order valence-corrected chi connectivity index (χ0v) is 15.4. The van der Waals surface area contributed by atoms with Crippen LogP contribution in [0.5, 0.6) is 11.5 Å². The van der Waals surface area contributed by atoms with Gasteiger partial charge in [0, 0.05) is 24.3 Å². The summed E-state index contributed by atoms with van der Waals surface area (Å²) in [5, 5.41) is 9.38. The van der Waals surface area contributed by atoms with Crippen LogP contribution in [0, 0.1) is 17.1 Å². The Hall–Kier alpha value is -3.39. The Morgan fingerprint density at radius 3 is 2.18 bits per heavy atom. The number of halogens is 1. The van der Waals surface area contributed by atoms with E-state index >= 15 is 0 Å². The number of nitrogens with zero attached hydrogens (tertiary/aromatic N) is 3. The molecule has 1 fully saturated rings. The van der Waals surface area contributed by atoms with Crippen LogP contribution in [0.25, 0.3) is 11.3 Å². The Balaban J connectivity index is 1.58. The average molecular weight is 373 g/mol. The molecule has 4 rings (SSSR count). The van der Waals surface area contributed by atoms with Gasteiger partial charge in [-0.15, -0.1) is 0 Å². The summed E-state index contributed by atoms with van der Waals surface area (Å²) in [5.41, 5.74) is 3.16. The van der Waals surface area contributed by atoms with Crippen LogP contribution in [0.4, 0.5) is 10.1 Å². The second kappa shape index (κ2) is 8.10. The normalized spacial score (nSPS) is 13.8. The summed E-state index contributed by atoms with van der Waals surface area (Å²) in [5.74, 6) is 0.935. The summed E-state index contributed by atoms with van der Waals surface area (Å²) in [6, 6.07) is 19.5. The molecule has 0 atom stereocenters. The van der Waals surface area contributed by atoms with Gasteiger partial charge in [0.2, 0.25) is 0 Å². The molecule has 0 N–H and O–H groups in total. The lowest BCUT2D eigenvalue weighted by atomic mass is 10.1. The smallest absolute Gasteiger partial charge is 0.143 e. The Kier molecular flexibility index (Phi) is 5.20. The molecule has 1 saturated heterocycles. The van der Waals surface area contributed by atoms with Crippen molar-refractivity contribution in [1.82, 2.24) is 4.98 Å². The molecule has 0 unspecified atom stereocenters. The Morgan fingerprint density at radius 1 is 0.893 bits per heavy atom. The largest absolute Gasteiger partial charge is 0.457 e. The van der Waals surface area contributed by atoms with E-state index in [0.29, 0.717) is 17.2 Å². The zero-order chi connectivity index (χ0) is 19.3. The lowest BCUT2D eigenvalue weighted by Gasteiger charge is -2.29. The second-order valence-electron chi connectivity index (χ2n) is 6.84. The number of ether oxygens (including phenoxy) is 1. The highest BCUT2D eigenvalue weighted by atomic mass is 19.1. The van der Waals surface area contributed by atoms with Crippen molar-refractivity contribution in [1.29, 1.82) is 5.26 Å². The van der Waals surface area contributed by atoms with E-state index in [1.807, 2.05) is 36.4 Å². The molecule has 3 aromatic rings. The topological polar surface area (TPSA) is 49.2 Å². The van der Waals surface area contributed by atoms with Gasteiger partial charge < -0.3 is 9.64 Å². The first kappa shape index (κ1) is 18.0. The van der Waals surface area contributed by atoms with Crippen LogP contribution < -0.4 is 9.64 Å². The third-order valence-corrected chi connectivity index (χ3v) is 4.85. The quantitative estimate of drug-likeness (QED) is 0.602. The molecule has 0 radical (unpaired) electrons. The molecule has 1 aliphatic heterocycles. The Bertz CT molecular complexity index is 988. The summed E-state index contributed by atoms with van der Waals surface area (Å²) in [7, 11) is 0. The fourth-order valence-corrected chi connectivity index (χ4v) is 3.39. The molecule has 0 bridgehead atoms. The predicted octanol–water partition coefficient (Wildman–Crippen LogP) is 5.54. The van der Waals surface area contributed by atoms with Gasteiger partial charge in [0.25, 0.3) is 0 Å². The average Bonchev–Trinajstić information content (AvgIpc) is 2.76. The van der Waals surface area contributed by atoms with Crippen LogP contribution >= 0.6 is 0 Å². The first-order chi connectivity index (χ1) is 13.7. The van der Waals surface area contributed by atoms with Crippen LogP contribution in [0.15, 0.2) is 60.7 Å². The highest BCUT2D eigenvalue weighted by molar-refractivity contribution is 5.67. The molecule has 2 heterocycles. The number of rotatable bonds is 4. The lowest BCUT2D eigenvalue weighted by molar-refractivity contribution is 0.480.